The lowest BCUT2D eigenvalue weighted by Gasteiger charge is -2.03. The van der Waals surface area contributed by atoms with Crippen LogP contribution in [0.5, 0.6) is 5.75 Å². The lowest BCUT2D eigenvalue weighted by Crippen LogP contribution is -2.00. The monoisotopic (exact) mass is 198 g/mol. The third-order valence-electron chi connectivity index (χ3n) is 2.79. The molecule has 3 rings (SSSR count). The standard InChI is InChI=1S/C13H10O2/c1-8-2-3-9-4-5-12-11(10(9)6-8)7-13(14)15-12/h2-6H,7H2,1H3. The molecular weight excluding hydrogens is 188 g/mol. The summed E-state index contributed by atoms with van der Waals surface area (Å²) in [4.78, 5) is 11.2. The molecule has 0 spiro atoms. The Labute approximate surface area is 87.5 Å². The second kappa shape index (κ2) is 2.83. The summed E-state index contributed by atoms with van der Waals surface area (Å²) in [6, 6.07) is 10.1. The normalized spacial score (nSPS) is 14.1. The van der Waals surface area contributed by atoms with Crippen LogP contribution in [0, 0.1) is 6.92 Å². The number of benzene rings is 2. The van der Waals surface area contributed by atoms with Crippen LogP contribution < -0.4 is 4.74 Å². The molecule has 0 aromatic heterocycles. The number of ether oxygens (including phenoxy) is 1. The molecule has 2 heteroatoms. The van der Waals surface area contributed by atoms with E-state index < -0.39 is 0 Å². The van der Waals surface area contributed by atoms with E-state index in [9.17, 15) is 4.79 Å². The SMILES string of the molecule is Cc1ccc2ccc3c(c2c1)CC(=O)O3. The summed E-state index contributed by atoms with van der Waals surface area (Å²) in [6.07, 6.45) is 0.399. The van der Waals surface area contributed by atoms with Crippen molar-refractivity contribution < 1.29 is 9.53 Å². The van der Waals surface area contributed by atoms with Crippen molar-refractivity contribution in [2.45, 2.75) is 13.3 Å². The first kappa shape index (κ1) is 8.48. The van der Waals surface area contributed by atoms with E-state index in [1.807, 2.05) is 12.1 Å². The van der Waals surface area contributed by atoms with Crippen LogP contribution in [0.2, 0.25) is 0 Å². The average molecular weight is 198 g/mol. The number of hydrogen-bond acceptors (Lipinski definition) is 2. The summed E-state index contributed by atoms with van der Waals surface area (Å²) in [5.41, 5.74) is 2.23. The van der Waals surface area contributed by atoms with Gasteiger partial charge in [-0.05, 0) is 23.8 Å². The number of carbonyl (C=O) groups is 1. The van der Waals surface area contributed by atoms with Crippen LogP contribution in [0.4, 0.5) is 0 Å². The van der Waals surface area contributed by atoms with Crippen LogP contribution >= 0.6 is 0 Å². The molecule has 0 radical (unpaired) electrons. The molecule has 0 amide bonds. The molecule has 0 atom stereocenters. The van der Waals surface area contributed by atoms with E-state index in [2.05, 4.69) is 25.1 Å². The van der Waals surface area contributed by atoms with Crippen LogP contribution in [0.25, 0.3) is 10.8 Å². The fourth-order valence-corrected chi connectivity index (χ4v) is 2.06. The molecule has 1 aliphatic heterocycles. The van der Waals surface area contributed by atoms with Gasteiger partial charge in [0.25, 0.3) is 0 Å². The van der Waals surface area contributed by atoms with Crippen molar-refractivity contribution in [2.75, 3.05) is 0 Å². The van der Waals surface area contributed by atoms with Crippen molar-refractivity contribution in [3.63, 3.8) is 0 Å². The summed E-state index contributed by atoms with van der Waals surface area (Å²) < 4.78 is 5.12. The van der Waals surface area contributed by atoms with Gasteiger partial charge in [-0.15, -0.1) is 0 Å². The zero-order valence-corrected chi connectivity index (χ0v) is 8.41. The second-order valence-electron chi connectivity index (χ2n) is 3.92. The second-order valence-corrected chi connectivity index (χ2v) is 3.92. The van der Waals surface area contributed by atoms with E-state index in [1.54, 1.807) is 0 Å². The highest BCUT2D eigenvalue weighted by atomic mass is 16.5. The van der Waals surface area contributed by atoms with Crippen molar-refractivity contribution in [3.8, 4) is 5.75 Å². The van der Waals surface area contributed by atoms with Gasteiger partial charge in [0.15, 0.2) is 0 Å². The van der Waals surface area contributed by atoms with Crippen LogP contribution in [-0.4, -0.2) is 5.97 Å². The molecule has 2 aromatic rings. The van der Waals surface area contributed by atoms with E-state index in [0.717, 1.165) is 22.1 Å². The molecule has 0 saturated heterocycles. The Morgan fingerprint density at radius 2 is 2.00 bits per heavy atom. The fourth-order valence-electron chi connectivity index (χ4n) is 2.06. The molecule has 0 N–H and O–H groups in total. The van der Waals surface area contributed by atoms with Crippen molar-refractivity contribution in [3.05, 3.63) is 41.5 Å². The largest absolute Gasteiger partial charge is 0.426 e. The van der Waals surface area contributed by atoms with Crippen LogP contribution in [0.15, 0.2) is 30.3 Å². The van der Waals surface area contributed by atoms with E-state index in [0.29, 0.717) is 6.42 Å². The molecule has 0 bridgehead atoms. The van der Waals surface area contributed by atoms with Gasteiger partial charge in [-0.25, -0.2) is 0 Å². The summed E-state index contributed by atoms with van der Waals surface area (Å²) in [6.45, 7) is 2.05. The lowest BCUT2D eigenvalue weighted by atomic mass is 10.0. The van der Waals surface area contributed by atoms with Gasteiger partial charge in [0.05, 0.1) is 6.42 Å². The third kappa shape index (κ3) is 1.22. The number of carbonyl (C=O) groups excluding carboxylic acids is 1. The van der Waals surface area contributed by atoms with Gasteiger partial charge < -0.3 is 4.74 Å². The van der Waals surface area contributed by atoms with Gasteiger partial charge >= 0.3 is 5.97 Å². The maximum Gasteiger partial charge on any atom is 0.315 e. The molecule has 0 fully saturated rings. The molecule has 0 unspecified atom stereocenters. The van der Waals surface area contributed by atoms with Gasteiger partial charge in [-0.1, -0.05) is 29.8 Å². The minimum Gasteiger partial charge on any atom is -0.426 e. The summed E-state index contributed by atoms with van der Waals surface area (Å²) >= 11 is 0. The Hall–Kier alpha value is -1.83. The highest BCUT2D eigenvalue weighted by Gasteiger charge is 2.22. The molecule has 1 aliphatic rings. The quantitative estimate of drug-likeness (QED) is 0.480. The van der Waals surface area contributed by atoms with Crippen molar-refractivity contribution >= 4 is 16.7 Å². The predicted octanol–water partition coefficient (Wildman–Crippen LogP) is 2.61. The minimum atomic E-state index is -0.154. The van der Waals surface area contributed by atoms with E-state index in [-0.39, 0.29) is 5.97 Å². The molecule has 2 nitrogen and oxygen atoms in total. The first-order valence-corrected chi connectivity index (χ1v) is 4.97. The third-order valence-corrected chi connectivity index (χ3v) is 2.79. The van der Waals surface area contributed by atoms with Gasteiger partial charge in [-0.3, -0.25) is 4.79 Å². The Bertz CT molecular complexity index is 570. The molecule has 1 heterocycles. The van der Waals surface area contributed by atoms with E-state index in [1.165, 1.54) is 5.56 Å². The first-order valence-electron chi connectivity index (χ1n) is 4.97. The van der Waals surface area contributed by atoms with Gasteiger partial charge in [0.1, 0.15) is 5.75 Å². The predicted molar refractivity (Wildman–Crippen MR) is 58.0 cm³/mol. The molecule has 15 heavy (non-hydrogen) atoms. The summed E-state index contributed by atoms with van der Waals surface area (Å²) in [5.74, 6) is 0.567. The van der Waals surface area contributed by atoms with Crippen molar-refractivity contribution in [1.82, 2.24) is 0 Å². The number of rotatable bonds is 0. The number of hydrogen-bond donors (Lipinski definition) is 0. The Morgan fingerprint density at radius 3 is 2.87 bits per heavy atom. The molecule has 74 valence electrons. The van der Waals surface area contributed by atoms with E-state index in [4.69, 9.17) is 4.74 Å². The van der Waals surface area contributed by atoms with E-state index >= 15 is 0 Å². The van der Waals surface area contributed by atoms with Crippen LogP contribution in [0.1, 0.15) is 11.1 Å². The topological polar surface area (TPSA) is 26.3 Å². The molecule has 2 aromatic carbocycles. The number of esters is 1. The molecular formula is C13H10O2. The van der Waals surface area contributed by atoms with Gasteiger partial charge in [0, 0.05) is 5.56 Å². The number of aryl methyl sites for hydroxylation is 1. The maximum absolute atomic E-state index is 11.2. The van der Waals surface area contributed by atoms with Crippen LogP contribution in [0.3, 0.4) is 0 Å². The lowest BCUT2D eigenvalue weighted by molar-refractivity contribution is -0.131. The molecule has 0 aliphatic carbocycles. The highest BCUT2D eigenvalue weighted by Crippen LogP contribution is 2.33. The Balaban J connectivity index is 2.38. The van der Waals surface area contributed by atoms with Crippen molar-refractivity contribution in [1.29, 1.82) is 0 Å². The number of fused-ring (bicyclic) bond motifs is 3. The first-order chi connectivity index (χ1) is 7.24. The smallest absolute Gasteiger partial charge is 0.315 e. The maximum atomic E-state index is 11.2. The Kier molecular flexibility index (Phi) is 1.60. The average Bonchev–Trinajstić information content (AvgIpc) is 2.58. The summed E-state index contributed by atoms with van der Waals surface area (Å²) in [5, 5.41) is 2.30. The summed E-state index contributed by atoms with van der Waals surface area (Å²) in [7, 11) is 0. The zero-order chi connectivity index (χ0) is 10.4. The van der Waals surface area contributed by atoms with Crippen molar-refractivity contribution in [2.24, 2.45) is 0 Å². The highest BCUT2D eigenvalue weighted by molar-refractivity contribution is 5.95. The zero-order valence-electron chi connectivity index (χ0n) is 8.41. The van der Waals surface area contributed by atoms with Crippen LogP contribution in [-0.2, 0) is 11.2 Å². The van der Waals surface area contributed by atoms with Gasteiger partial charge in [0.2, 0.25) is 0 Å². The Morgan fingerprint density at radius 1 is 1.20 bits per heavy atom. The fraction of sp³-hybridized carbons (Fsp3) is 0.154. The van der Waals surface area contributed by atoms with Gasteiger partial charge in [-0.2, -0.15) is 0 Å². The minimum absolute atomic E-state index is 0.154. The molecule has 0 saturated carbocycles.